The van der Waals surface area contributed by atoms with E-state index in [0.29, 0.717) is 17.6 Å². The fraction of sp³-hybridized carbons (Fsp3) is 0.375. The maximum atomic E-state index is 6.03. The number of nitrogens with zero attached hydrogens (tertiary/aromatic N) is 2. The molecule has 0 aliphatic carbocycles. The summed E-state index contributed by atoms with van der Waals surface area (Å²) in [6.45, 7) is 6.99. The molecule has 0 aliphatic heterocycles. The molecule has 0 bridgehead atoms. The largest absolute Gasteiger partial charge is 0.378 e. The van der Waals surface area contributed by atoms with Crippen molar-refractivity contribution in [2.45, 2.75) is 32.8 Å². The lowest BCUT2D eigenvalue weighted by Crippen LogP contribution is -2.10. The fourth-order valence-electron chi connectivity index (χ4n) is 1.93. The van der Waals surface area contributed by atoms with Gasteiger partial charge in [0.25, 0.3) is 0 Å². The van der Waals surface area contributed by atoms with Crippen molar-refractivity contribution in [1.29, 1.82) is 0 Å². The van der Waals surface area contributed by atoms with Gasteiger partial charge in [0.05, 0.1) is 12.3 Å². The van der Waals surface area contributed by atoms with Crippen molar-refractivity contribution in [2.24, 2.45) is 0 Å². The smallest absolute Gasteiger partial charge is 0.161 e. The number of ether oxygens (including phenoxy) is 1. The summed E-state index contributed by atoms with van der Waals surface area (Å²) in [6.07, 6.45) is 0. The van der Waals surface area contributed by atoms with Crippen molar-refractivity contribution in [3.63, 3.8) is 0 Å². The summed E-state index contributed by atoms with van der Waals surface area (Å²) >= 11 is 6.03. The molecule has 20 heavy (non-hydrogen) atoms. The second kappa shape index (κ2) is 5.90. The minimum absolute atomic E-state index is 0.134. The van der Waals surface area contributed by atoms with E-state index in [-0.39, 0.29) is 5.41 Å². The molecule has 0 saturated heterocycles. The third-order valence-corrected chi connectivity index (χ3v) is 3.24. The van der Waals surface area contributed by atoms with Gasteiger partial charge in [0, 0.05) is 12.7 Å². The second-order valence-corrected chi connectivity index (χ2v) is 6.15. The van der Waals surface area contributed by atoms with E-state index in [1.807, 2.05) is 12.1 Å². The van der Waals surface area contributed by atoms with Gasteiger partial charge in [0.1, 0.15) is 5.15 Å². The zero-order valence-electron chi connectivity index (χ0n) is 12.3. The van der Waals surface area contributed by atoms with Crippen LogP contribution in [0.5, 0.6) is 0 Å². The fourth-order valence-corrected chi connectivity index (χ4v) is 2.14. The van der Waals surface area contributed by atoms with E-state index in [4.69, 9.17) is 16.3 Å². The highest BCUT2D eigenvalue weighted by Gasteiger charge is 2.14. The second-order valence-electron chi connectivity index (χ2n) is 5.77. The molecule has 0 amide bonds. The van der Waals surface area contributed by atoms with Gasteiger partial charge < -0.3 is 4.74 Å². The predicted molar refractivity (Wildman–Crippen MR) is 81.9 cm³/mol. The van der Waals surface area contributed by atoms with Gasteiger partial charge in [-0.15, -0.1) is 0 Å². The molecule has 1 heterocycles. The molecule has 0 radical (unpaired) electrons. The van der Waals surface area contributed by atoms with Crippen LogP contribution in [0, 0.1) is 0 Å². The summed E-state index contributed by atoms with van der Waals surface area (Å²) in [7, 11) is 1.63. The SMILES string of the molecule is COCc1cc(Cl)nc(-c2ccc(C(C)(C)C)cc2)n1. The number of hydrogen-bond acceptors (Lipinski definition) is 3. The Morgan fingerprint density at radius 2 is 1.75 bits per heavy atom. The van der Waals surface area contributed by atoms with Gasteiger partial charge in [-0.05, 0) is 17.0 Å². The van der Waals surface area contributed by atoms with E-state index in [1.54, 1.807) is 13.2 Å². The van der Waals surface area contributed by atoms with E-state index in [2.05, 4.69) is 42.9 Å². The molecular weight excluding hydrogens is 272 g/mol. The van der Waals surface area contributed by atoms with Gasteiger partial charge in [-0.25, -0.2) is 9.97 Å². The Kier molecular flexibility index (Phi) is 4.41. The van der Waals surface area contributed by atoms with Crippen molar-refractivity contribution in [3.8, 4) is 11.4 Å². The lowest BCUT2D eigenvalue weighted by Gasteiger charge is -2.19. The van der Waals surface area contributed by atoms with Crippen LogP contribution in [0.2, 0.25) is 5.15 Å². The minimum Gasteiger partial charge on any atom is -0.378 e. The molecule has 0 fully saturated rings. The molecule has 1 aromatic carbocycles. The molecule has 0 spiro atoms. The highest BCUT2D eigenvalue weighted by molar-refractivity contribution is 6.29. The average Bonchev–Trinajstić information content (AvgIpc) is 2.37. The number of halogens is 1. The van der Waals surface area contributed by atoms with Crippen molar-refractivity contribution in [1.82, 2.24) is 9.97 Å². The zero-order valence-corrected chi connectivity index (χ0v) is 13.0. The van der Waals surface area contributed by atoms with Crippen molar-refractivity contribution in [2.75, 3.05) is 7.11 Å². The van der Waals surface area contributed by atoms with E-state index in [0.717, 1.165) is 11.3 Å². The number of methoxy groups -OCH3 is 1. The first-order valence-corrected chi connectivity index (χ1v) is 6.91. The quantitative estimate of drug-likeness (QED) is 0.793. The zero-order chi connectivity index (χ0) is 14.8. The van der Waals surface area contributed by atoms with Crippen LogP contribution in [-0.4, -0.2) is 17.1 Å². The molecule has 0 N–H and O–H groups in total. The van der Waals surface area contributed by atoms with E-state index in [1.165, 1.54) is 5.56 Å². The van der Waals surface area contributed by atoms with Gasteiger partial charge in [0.2, 0.25) is 0 Å². The highest BCUT2D eigenvalue weighted by atomic mass is 35.5. The predicted octanol–water partition coefficient (Wildman–Crippen LogP) is 4.24. The summed E-state index contributed by atoms with van der Waals surface area (Å²) in [4.78, 5) is 8.74. The third-order valence-electron chi connectivity index (χ3n) is 3.05. The van der Waals surface area contributed by atoms with Gasteiger partial charge in [0.15, 0.2) is 5.82 Å². The van der Waals surface area contributed by atoms with Crippen LogP contribution in [0.15, 0.2) is 30.3 Å². The van der Waals surface area contributed by atoms with Crippen LogP contribution in [-0.2, 0) is 16.8 Å². The van der Waals surface area contributed by atoms with Crippen LogP contribution in [0.3, 0.4) is 0 Å². The van der Waals surface area contributed by atoms with E-state index < -0.39 is 0 Å². The Balaban J connectivity index is 2.36. The van der Waals surface area contributed by atoms with Crippen molar-refractivity contribution in [3.05, 3.63) is 46.7 Å². The Morgan fingerprint density at radius 1 is 1.10 bits per heavy atom. The Hall–Kier alpha value is -1.45. The molecule has 0 unspecified atom stereocenters. The highest BCUT2D eigenvalue weighted by Crippen LogP contribution is 2.25. The molecule has 0 atom stereocenters. The molecule has 4 heteroatoms. The number of rotatable bonds is 3. The first-order chi connectivity index (χ1) is 9.40. The maximum absolute atomic E-state index is 6.03. The standard InChI is InChI=1S/C16H19ClN2O/c1-16(2,3)12-7-5-11(6-8-12)15-18-13(10-20-4)9-14(17)19-15/h5-9H,10H2,1-4H3. The third kappa shape index (κ3) is 3.56. The normalized spacial score (nSPS) is 11.7. The topological polar surface area (TPSA) is 35.0 Å². The minimum atomic E-state index is 0.134. The summed E-state index contributed by atoms with van der Waals surface area (Å²) in [5, 5.41) is 0.432. The first kappa shape index (κ1) is 14.9. The monoisotopic (exact) mass is 290 g/mol. The Labute approximate surface area is 125 Å². The van der Waals surface area contributed by atoms with Gasteiger partial charge in [-0.2, -0.15) is 0 Å². The summed E-state index contributed by atoms with van der Waals surface area (Å²) in [5.41, 5.74) is 3.15. The van der Waals surface area contributed by atoms with Crippen LogP contribution >= 0.6 is 11.6 Å². The Morgan fingerprint density at radius 3 is 2.30 bits per heavy atom. The maximum Gasteiger partial charge on any atom is 0.161 e. The molecule has 1 aromatic heterocycles. The molecule has 2 aromatic rings. The van der Waals surface area contributed by atoms with Gasteiger partial charge in [-0.1, -0.05) is 56.6 Å². The lowest BCUT2D eigenvalue weighted by atomic mass is 9.87. The van der Waals surface area contributed by atoms with E-state index >= 15 is 0 Å². The molecular formula is C16H19ClN2O. The lowest BCUT2D eigenvalue weighted by molar-refractivity contribution is 0.181. The van der Waals surface area contributed by atoms with Crippen LogP contribution in [0.4, 0.5) is 0 Å². The summed E-state index contributed by atoms with van der Waals surface area (Å²) < 4.78 is 5.09. The van der Waals surface area contributed by atoms with Crippen LogP contribution < -0.4 is 0 Å². The molecule has 3 nitrogen and oxygen atoms in total. The van der Waals surface area contributed by atoms with Crippen LogP contribution in [0.1, 0.15) is 32.0 Å². The van der Waals surface area contributed by atoms with Gasteiger partial charge in [-0.3, -0.25) is 0 Å². The molecule has 0 saturated carbocycles. The van der Waals surface area contributed by atoms with Crippen molar-refractivity contribution < 1.29 is 4.74 Å². The van der Waals surface area contributed by atoms with E-state index in [9.17, 15) is 0 Å². The number of aromatic nitrogens is 2. The molecule has 106 valence electrons. The number of hydrogen-bond donors (Lipinski definition) is 0. The van der Waals surface area contributed by atoms with Gasteiger partial charge >= 0.3 is 0 Å². The number of benzene rings is 1. The molecule has 0 aliphatic rings. The summed E-state index contributed by atoms with van der Waals surface area (Å²) in [5.74, 6) is 0.630. The Bertz CT molecular complexity index is 588. The van der Waals surface area contributed by atoms with Crippen molar-refractivity contribution >= 4 is 11.6 Å². The van der Waals surface area contributed by atoms with Crippen LogP contribution in [0.25, 0.3) is 11.4 Å². The average molecular weight is 291 g/mol. The molecule has 2 rings (SSSR count). The first-order valence-electron chi connectivity index (χ1n) is 6.53. The summed E-state index contributed by atoms with van der Waals surface area (Å²) in [6, 6.07) is 9.99.